The zero-order chi connectivity index (χ0) is 20.5. The van der Waals surface area contributed by atoms with E-state index in [2.05, 4.69) is 72.3 Å². The Morgan fingerprint density at radius 3 is 2.67 bits per heavy atom. The second-order valence-electron chi connectivity index (χ2n) is 8.84. The summed E-state index contributed by atoms with van der Waals surface area (Å²) in [6.45, 7) is 4.06. The average Bonchev–Trinajstić information content (AvgIpc) is 3.28. The SMILES string of the molecule is Cc1cccc(OCCCN2C3CCC2CC(N(C)c2nc4ccccc4s2)C3)c1. The Morgan fingerprint density at radius 2 is 1.90 bits per heavy atom. The molecule has 4 nitrogen and oxygen atoms in total. The number of fused-ring (bicyclic) bond motifs is 3. The van der Waals surface area contributed by atoms with Crippen molar-refractivity contribution >= 4 is 26.7 Å². The van der Waals surface area contributed by atoms with Crippen LogP contribution in [-0.4, -0.2) is 48.2 Å². The van der Waals surface area contributed by atoms with E-state index in [9.17, 15) is 0 Å². The number of anilines is 1. The lowest BCUT2D eigenvalue weighted by molar-refractivity contribution is 0.117. The molecule has 0 aliphatic carbocycles. The third-order valence-corrected chi connectivity index (χ3v) is 7.94. The van der Waals surface area contributed by atoms with Gasteiger partial charge in [0.15, 0.2) is 5.13 Å². The predicted octanol–water partition coefficient (Wildman–Crippen LogP) is 5.51. The van der Waals surface area contributed by atoms with Crippen LogP contribution < -0.4 is 9.64 Å². The van der Waals surface area contributed by atoms with Gasteiger partial charge in [-0.25, -0.2) is 4.98 Å². The molecule has 0 saturated carbocycles. The van der Waals surface area contributed by atoms with Crippen LogP contribution in [0.2, 0.25) is 0 Å². The van der Waals surface area contributed by atoms with E-state index in [0.29, 0.717) is 18.1 Å². The standard InChI is InChI=1S/C25H31N3OS/c1-18-7-5-8-22(15-18)29-14-6-13-28-19-11-12-20(28)17-21(16-19)27(2)25-26-23-9-3-4-10-24(23)30-25/h3-5,7-10,15,19-21H,6,11-14,16-17H2,1-2H3. The third-order valence-electron chi connectivity index (χ3n) is 6.81. The summed E-state index contributed by atoms with van der Waals surface area (Å²) in [6, 6.07) is 18.9. The number of nitrogens with zero attached hydrogens (tertiary/aromatic N) is 3. The number of hydrogen-bond donors (Lipinski definition) is 0. The lowest BCUT2D eigenvalue weighted by atomic mass is 9.96. The van der Waals surface area contributed by atoms with Gasteiger partial charge in [-0.05, 0) is 68.9 Å². The van der Waals surface area contributed by atoms with Crippen molar-refractivity contribution in [3.8, 4) is 5.75 Å². The summed E-state index contributed by atoms with van der Waals surface area (Å²) in [4.78, 5) is 10.1. The molecule has 2 aromatic carbocycles. The van der Waals surface area contributed by atoms with Crippen molar-refractivity contribution in [2.75, 3.05) is 25.1 Å². The zero-order valence-electron chi connectivity index (χ0n) is 18.0. The number of hydrogen-bond acceptors (Lipinski definition) is 5. The van der Waals surface area contributed by atoms with Gasteiger partial charge >= 0.3 is 0 Å². The minimum absolute atomic E-state index is 0.600. The summed E-state index contributed by atoms with van der Waals surface area (Å²) in [5.41, 5.74) is 2.38. The van der Waals surface area contributed by atoms with Crippen LogP contribution in [0.3, 0.4) is 0 Å². The molecule has 5 heteroatoms. The van der Waals surface area contributed by atoms with Gasteiger partial charge in [0.25, 0.3) is 0 Å². The van der Waals surface area contributed by atoms with Crippen molar-refractivity contribution in [2.45, 2.75) is 57.2 Å². The molecule has 1 aromatic heterocycles. The summed E-state index contributed by atoms with van der Waals surface area (Å²) >= 11 is 1.82. The number of para-hydroxylation sites is 1. The largest absolute Gasteiger partial charge is 0.494 e. The van der Waals surface area contributed by atoms with Crippen molar-refractivity contribution in [3.05, 3.63) is 54.1 Å². The first-order valence-corrected chi connectivity index (χ1v) is 12.0. The highest BCUT2D eigenvalue weighted by molar-refractivity contribution is 7.22. The quantitative estimate of drug-likeness (QED) is 0.471. The number of aryl methyl sites for hydroxylation is 1. The Hall–Kier alpha value is -2.11. The maximum absolute atomic E-state index is 5.97. The Bertz CT molecular complexity index is 956. The molecule has 158 valence electrons. The minimum Gasteiger partial charge on any atom is -0.494 e. The van der Waals surface area contributed by atoms with Crippen LogP contribution in [0.15, 0.2) is 48.5 Å². The number of benzene rings is 2. The van der Waals surface area contributed by atoms with E-state index in [4.69, 9.17) is 9.72 Å². The van der Waals surface area contributed by atoms with Gasteiger partial charge < -0.3 is 9.64 Å². The predicted molar refractivity (Wildman–Crippen MR) is 126 cm³/mol. The monoisotopic (exact) mass is 421 g/mol. The first-order valence-electron chi connectivity index (χ1n) is 11.2. The van der Waals surface area contributed by atoms with Gasteiger partial charge in [0.1, 0.15) is 5.75 Å². The average molecular weight is 422 g/mol. The molecule has 2 fully saturated rings. The van der Waals surface area contributed by atoms with Crippen LogP contribution in [-0.2, 0) is 0 Å². The third kappa shape index (κ3) is 4.06. The molecule has 2 aliphatic heterocycles. The van der Waals surface area contributed by atoms with Gasteiger partial charge in [0.05, 0.1) is 16.8 Å². The van der Waals surface area contributed by atoms with Gasteiger partial charge in [-0.3, -0.25) is 4.90 Å². The molecule has 0 amide bonds. The first kappa shape index (κ1) is 19.8. The summed E-state index contributed by atoms with van der Waals surface area (Å²) in [5, 5.41) is 1.17. The Morgan fingerprint density at radius 1 is 1.10 bits per heavy atom. The highest BCUT2D eigenvalue weighted by Gasteiger charge is 2.41. The fraction of sp³-hybridized carbons (Fsp3) is 0.480. The molecule has 2 unspecified atom stereocenters. The van der Waals surface area contributed by atoms with Crippen LogP contribution in [0, 0.1) is 6.92 Å². The van der Waals surface area contributed by atoms with E-state index < -0.39 is 0 Å². The van der Waals surface area contributed by atoms with Crippen LogP contribution in [0.4, 0.5) is 5.13 Å². The fourth-order valence-electron chi connectivity index (χ4n) is 5.24. The van der Waals surface area contributed by atoms with Gasteiger partial charge in [0.2, 0.25) is 0 Å². The molecule has 0 radical (unpaired) electrons. The number of rotatable bonds is 7. The molecule has 2 saturated heterocycles. The molecular weight excluding hydrogens is 390 g/mol. The molecule has 0 spiro atoms. The lowest BCUT2D eigenvalue weighted by Crippen LogP contribution is -2.50. The highest BCUT2D eigenvalue weighted by atomic mass is 32.1. The van der Waals surface area contributed by atoms with Gasteiger partial charge in [-0.2, -0.15) is 0 Å². The molecule has 0 N–H and O–H groups in total. The van der Waals surface area contributed by atoms with E-state index in [-0.39, 0.29) is 0 Å². The Kier molecular flexibility index (Phi) is 5.66. The number of aromatic nitrogens is 1. The lowest BCUT2D eigenvalue weighted by Gasteiger charge is -2.42. The maximum atomic E-state index is 5.97. The van der Waals surface area contributed by atoms with Gasteiger partial charge in [0, 0.05) is 31.7 Å². The fourth-order valence-corrected chi connectivity index (χ4v) is 6.23. The van der Waals surface area contributed by atoms with E-state index in [1.54, 1.807) is 0 Å². The molecule has 5 rings (SSSR count). The highest BCUT2D eigenvalue weighted by Crippen LogP contribution is 2.39. The smallest absolute Gasteiger partial charge is 0.186 e. The van der Waals surface area contributed by atoms with Crippen molar-refractivity contribution in [1.82, 2.24) is 9.88 Å². The number of ether oxygens (including phenoxy) is 1. The Labute approximate surface area is 183 Å². The molecular formula is C25H31N3OS. The zero-order valence-corrected chi connectivity index (χ0v) is 18.8. The van der Waals surface area contributed by atoms with Crippen molar-refractivity contribution in [1.29, 1.82) is 0 Å². The van der Waals surface area contributed by atoms with E-state index >= 15 is 0 Å². The van der Waals surface area contributed by atoms with Gasteiger partial charge in [-0.15, -0.1) is 0 Å². The van der Waals surface area contributed by atoms with Crippen molar-refractivity contribution < 1.29 is 4.74 Å². The molecule has 2 bridgehead atoms. The van der Waals surface area contributed by atoms with E-state index in [0.717, 1.165) is 30.8 Å². The summed E-state index contributed by atoms with van der Waals surface area (Å²) < 4.78 is 7.26. The maximum Gasteiger partial charge on any atom is 0.186 e. The van der Waals surface area contributed by atoms with Crippen molar-refractivity contribution in [2.24, 2.45) is 0 Å². The molecule has 3 heterocycles. The number of thiazole rings is 1. The summed E-state index contributed by atoms with van der Waals surface area (Å²) in [5.74, 6) is 0.995. The summed E-state index contributed by atoms with van der Waals surface area (Å²) in [6.07, 6.45) is 6.28. The van der Waals surface area contributed by atoms with Crippen LogP contribution in [0.1, 0.15) is 37.7 Å². The second kappa shape index (κ2) is 8.56. The normalized spacial score (nSPS) is 23.7. The van der Waals surface area contributed by atoms with Gasteiger partial charge in [-0.1, -0.05) is 35.6 Å². The van der Waals surface area contributed by atoms with Crippen LogP contribution in [0.5, 0.6) is 5.75 Å². The molecule has 2 aliphatic rings. The molecule has 30 heavy (non-hydrogen) atoms. The minimum atomic E-state index is 0.600. The molecule has 2 atom stereocenters. The second-order valence-corrected chi connectivity index (χ2v) is 9.85. The van der Waals surface area contributed by atoms with Crippen LogP contribution >= 0.6 is 11.3 Å². The Balaban J connectivity index is 1.15. The van der Waals surface area contributed by atoms with E-state index in [1.165, 1.54) is 41.1 Å². The topological polar surface area (TPSA) is 28.6 Å². The van der Waals surface area contributed by atoms with Crippen molar-refractivity contribution in [3.63, 3.8) is 0 Å². The summed E-state index contributed by atoms with van der Waals surface area (Å²) in [7, 11) is 2.24. The van der Waals surface area contributed by atoms with E-state index in [1.807, 2.05) is 11.3 Å². The first-order chi connectivity index (χ1) is 14.7. The van der Waals surface area contributed by atoms with Crippen LogP contribution in [0.25, 0.3) is 10.2 Å². The number of piperidine rings is 1. The molecule has 3 aromatic rings.